The zero-order valence-corrected chi connectivity index (χ0v) is 15.4. The Balaban J connectivity index is 0.00000242. The topological polar surface area (TPSA) is 65.8 Å². The van der Waals surface area contributed by atoms with E-state index >= 15 is 0 Å². The molecule has 1 fully saturated rings. The van der Waals surface area contributed by atoms with Crippen molar-refractivity contribution < 1.29 is 4.79 Å². The Labute approximate surface area is 148 Å². The predicted octanol–water partition coefficient (Wildman–Crippen LogP) is 0.838. The first-order valence-electron chi connectivity index (χ1n) is 7.09. The van der Waals surface area contributed by atoms with Crippen LogP contribution in [0.5, 0.6) is 0 Å². The lowest BCUT2D eigenvalue weighted by Crippen LogP contribution is -2.55. The van der Waals surface area contributed by atoms with Crippen LogP contribution in [0.1, 0.15) is 6.92 Å². The van der Waals surface area contributed by atoms with Crippen molar-refractivity contribution in [2.24, 2.45) is 12.0 Å². The number of carbonyl (C=O) groups is 1. The summed E-state index contributed by atoms with van der Waals surface area (Å²) < 4.78 is 1.70. The van der Waals surface area contributed by atoms with Gasteiger partial charge in [0.15, 0.2) is 5.96 Å². The molecule has 1 N–H and O–H groups in total. The summed E-state index contributed by atoms with van der Waals surface area (Å²) in [5.74, 6) is 0.815. The van der Waals surface area contributed by atoms with Crippen molar-refractivity contribution in [1.29, 1.82) is 0 Å². The third kappa shape index (κ3) is 4.46. The molecule has 1 aliphatic heterocycles. The van der Waals surface area contributed by atoms with Crippen LogP contribution in [0.2, 0.25) is 0 Å². The highest BCUT2D eigenvalue weighted by molar-refractivity contribution is 14.0. The Morgan fingerprint density at radius 1 is 1.55 bits per heavy atom. The van der Waals surface area contributed by atoms with E-state index < -0.39 is 0 Å². The van der Waals surface area contributed by atoms with Crippen molar-refractivity contribution in [3.8, 4) is 0 Å². The zero-order chi connectivity index (χ0) is 15.2. The van der Waals surface area contributed by atoms with E-state index in [9.17, 15) is 4.79 Å². The van der Waals surface area contributed by atoms with Gasteiger partial charge in [0.2, 0.25) is 5.91 Å². The SMILES string of the molecule is C=CCN=C(NCC)N1CCN(c2cnn(C)c2)C(=O)C1.I. The lowest BCUT2D eigenvalue weighted by molar-refractivity contribution is -0.120. The summed E-state index contributed by atoms with van der Waals surface area (Å²) in [6.07, 6.45) is 5.31. The second-order valence-electron chi connectivity index (χ2n) is 4.82. The average molecular weight is 418 g/mol. The fourth-order valence-electron chi connectivity index (χ4n) is 2.25. The van der Waals surface area contributed by atoms with Crippen LogP contribution in [0.15, 0.2) is 30.0 Å². The van der Waals surface area contributed by atoms with E-state index in [0.717, 1.165) is 24.7 Å². The smallest absolute Gasteiger partial charge is 0.246 e. The summed E-state index contributed by atoms with van der Waals surface area (Å²) in [7, 11) is 1.84. The third-order valence-corrected chi connectivity index (χ3v) is 3.23. The molecule has 0 aliphatic carbocycles. The first kappa shape index (κ1) is 18.5. The molecule has 0 radical (unpaired) electrons. The second kappa shape index (κ2) is 8.76. The summed E-state index contributed by atoms with van der Waals surface area (Å²) >= 11 is 0. The number of anilines is 1. The second-order valence-corrected chi connectivity index (χ2v) is 4.82. The minimum atomic E-state index is 0. The van der Waals surface area contributed by atoms with E-state index in [4.69, 9.17) is 0 Å². The Morgan fingerprint density at radius 3 is 2.86 bits per heavy atom. The van der Waals surface area contributed by atoms with Gasteiger partial charge in [-0.25, -0.2) is 4.99 Å². The zero-order valence-electron chi connectivity index (χ0n) is 13.0. The molecule has 1 aliphatic rings. The molecule has 122 valence electrons. The van der Waals surface area contributed by atoms with Gasteiger partial charge in [0.05, 0.1) is 18.4 Å². The molecule has 0 unspecified atom stereocenters. The maximum absolute atomic E-state index is 12.3. The van der Waals surface area contributed by atoms with Gasteiger partial charge < -0.3 is 15.1 Å². The summed E-state index contributed by atoms with van der Waals surface area (Å²) in [5.41, 5.74) is 0.843. The average Bonchev–Trinajstić information content (AvgIpc) is 2.89. The van der Waals surface area contributed by atoms with Crippen LogP contribution < -0.4 is 10.2 Å². The molecule has 0 atom stereocenters. The van der Waals surface area contributed by atoms with E-state index in [2.05, 4.69) is 22.0 Å². The number of halogens is 1. The van der Waals surface area contributed by atoms with Crippen molar-refractivity contribution in [1.82, 2.24) is 20.0 Å². The van der Waals surface area contributed by atoms with Gasteiger partial charge >= 0.3 is 0 Å². The first-order chi connectivity index (χ1) is 10.2. The molecule has 0 spiro atoms. The molecule has 1 amide bonds. The van der Waals surface area contributed by atoms with Gasteiger partial charge in [-0.1, -0.05) is 6.08 Å². The van der Waals surface area contributed by atoms with Crippen molar-refractivity contribution in [3.05, 3.63) is 25.0 Å². The summed E-state index contributed by atoms with van der Waals surface area (Å²) in [4.78, 5) is 20.5. The highest BCUT2D eigenvalue weighted by Gasteiger charge is 2.27. The Morgan fingerprint density at radius 2 is 2.32 bits per heavy atom. The van der Waals surface area contributed by atoms with Gasteiger partial charge in [0, 0.05) is 32.9 Å². The van der Waals surface area contributed by atoms with Crippen LogP contribution in [0.3, 0.4) is 0 Å². The minimum Gasteiger partial charge on any atom is -0.356 e. The van der Waals surface area contributed by atoms with Gasteiger partial charge in [-0.2, -0.15) is 5.10 Å². The Hall–Kier alpha value is -1.58. The first-order valence-corrected chi connectivity index (χ1v) is 7.09. The number of rotatable bonds is 4. The van der Waals surface area contributed by atoms with E-state index in [1.807, 2.05) is 25.1 Å². The normalized spacial score (nSPS) is 15.5. The maximum atomic E-state index is 12.3. The lowest BCUT2D eigenvalue weighted by atomic mass is 10.3. The molecule has 0 bridgehead atoms. The number of nitrogens with one attached hydrogen (secondary N) is 1. The molecular weight excluding hydrogens is 395 g/mol. The molecule has 2 heterocycles. The van der Waals surface area contributed by atoms with Crippen molar-refractivity contribution >= 4 is 41.5 Å². The standard InChI is InChI=1S/C14H22N6O.HI/c1-4-6-16-14(15-5-2)19-7-8-20(13(21)11-19)12-9-17-18(3)10-12;/h4,9-10H,1,5-8,11H2,2-3H3,(H,15,16);1H. The molecular formula is C14H23IN6O. The number of aromatic nitrogens is 2. The number of carbonyl (C=O) groups excluding carboxylic acids is 1. The van der Waals surface area contributed by atoms with E-state index in [1.54, 1.807) is 21.9 Å². The largest absolute Gasteiger partial charge is 0.356 e. The van der Waals surface area contributed by atoms with Crippen molar-refractivity contribution in [3.63, 3.8) is 0 Å². The molecule has 1 aromatic rings. The van der Waals surface area contributed by atoms with Crippen molar-refractivity contribution in [2.45, 2.75) is 6.92 Å². The fraction of sp³-hybridized carbons (Fsp3) is 0.500. The number of guanidine groups is 1. The maximum Gasteiger partial charge on any atom is 0.246 e. The minimum absolute atomic E-state index is 0. The summed E-state index contributed by atoms with van der Waals surface area (Å²) in [5, 5.41) is 7.32. The van der Waals surface area contributed by atoms with Crippen LogP contribution in [-0.4, -0.2) is 59.3 Å². The molecule has 2 rings (SSSR count). The predicted molar refractivity (Wildman–Crippen MR) is 98.7 cm³/mol. The quantitative estimate of drug-likeness (QED) is 0.341. The lowest BCUT2D eigenvalue weighted by Gasteiger charge is -2.35. The number of hydrogen-bond donors (Lipinski definition) is 1. The van der Waals surface area contributed by atoms with Gasteiger partial charge in [-0.3, -0.25) is 9.48 Å². The van der Waals surface area contributed by atoms with Gasteiger partial charge in [-0.05, 0) is 6.92 Å². The number of amides is 1. The monoisotopic (exact) mass is 418 g/mol. The number of aryl methyl sites for hydroxylation is 1. The number of piperazine rings is 1. The molecule has 0 aromatic carbocycles. The number of aliphatic imine (C=N–C) groups is 1. The molecule has 8 heteroatoms. The van der Waals surface area contributed by atoms with E-state index in [0.29, 0.717) is 19.6 Å². The molecule has 1 aromatic heterocycles. The number of hydrogen-bond acceptors (Lipinski definition) is 3. The van der Waals surface area contributed by atoms with Crippen LogP contribution in [0.4, 0.5) is 5.69 Å². The highest BCUT2D eigenvalue weighted by Crippen LogP contribution is 2.15. The van der Waals surface area contributed by atoms with E-state index in [1.165, 1.54) is 0 Å². The highest BCUT2D eigenvalue weighted by atomic mass is 127. The van der Waals surface area contributed by atoms with Crippen molar-refractivity contribution in [2.75, 3.05) is 37.6 Å². The van der Waals surface area contributed by atoms with Gasteiger partial charge in [0.25, 0.3) is 0 Å². The summed E-state index contributed by atoms with van der Waals surface area (Å²) in [6.45, 7) is 8.68. The third-order valence-electron chi connectivity index (χ3n) is 3.23. The molecule has 1 saturated heterocycles. The number of nitrogens with zero attached hydrogens (tertiary/aromatic N) is 5. The van der Waals surface area contributed by atoms with Crippen LogP contribution in [-0.2, 0) is 11.8 Å². The molecule has 7 nitrogen and oxygen atoms in total. The van der Waals surface area contributed by atoms with Crippen LogP contribution in [0.25, 0.3) is 0 Å². The molecule has 22 heavy (non-hydrogen) atoms. The van der Waals surface area contributed by atoms with Crippen LogP contribution >= 0.6 is 24.0 Å². The Kier molecular flexibility index (Phi) is 7.36. The van der Waals surface area contributed by atoms with E-state index in [-0.39, 0.29) is 29.9 Å². The Bertz CT molecular complexity index is 541. The van der Waals surface area contributed by atoms with Gasteiger partial charge in [-0.15, -0.1) is 30.6 Å². The summed E-state index contributed by atoms with van der Waals surface area (Å²) in [6, 6.07) is 0. The fourth-order valence-corrected chi connectivity index (χ4v) is 2.25. The van der Waals surface area contributed by atoms with Crippen LogP contribution in [0, 0.1) is 0 Å². The molecule has 0 saturated carbocycles. The van der Waals surface area contributed by atoms with Gasteiger partial charge in [0.1, 0.15) is 6.54 Å².